The fourth-order valence-corrected chi connectivity index (χ4v) is 3.68. The van der Waals surface area contributed by atoms with E-state index in [2.05, 4.69) is 15.5 Å². The summed E-state index contributed by atoms with van der Waals surface area (Å²) in [6.07, 6.45) is 2.29. The Labute approximate surface area is 101 Å². The van der Waals surface area contributed by atoms with Crippen LogP contribution < -0.4 is 5.32 Å². The van der Waals surface area contributed by atoms with Crippen LogP contribution in [0.3, 0.4) is 0 Å². The molecular formula is C10H17N3O3S. The van der Waals surface area contributed by atoms with Crippen molar-refractivity contribution in [3.8, 4) is 0 Å². The van der Waals surface area contributed by atoms with E-state index in [1.54, 1.807) is 0 Å². The van der Waals surface area contributed by atoms with E-state index < -0.39 is 9.84 Å². The van der Waals surface area contributed by atoms with Crippen LogP contribution >= 0.6 is 0 Å². The molecule has 7 heteroatoms. The predicted octanol–water partition coefficient (Wildman–Crippen LogP) is 0.124. The maximum atomic E-state index is 11.3. The first-order valence-electron chi connectivity index (χ1n) is 5.78. The first kappa shape index (κ1) is 12.5. The lowest BCUT2D eigenvalue weighted by atomic mass is 10.1. The van der Waals surface area contributed by atoms with E-state index in [4.69, 9.17) is 4.52 Å². The minimum atomic E-state index is -2.89. The molecule has 1 aliphatic rings. The summed E-state index contributed by atoms with van der Waals surface area (Å²) in [6, 6.07) is 0. The second-order valence-electron chi connectivity index (χ2n) is 4.36. The first-order valence-corrected chi connectivity index (χ1v) is 7.60. The third-order valence-corrected chi connectivity index (χ3v) is 4.66. The molecule has 0 amide bonds. The van der Waals surface area contributed by atoms with Gasteiger partial charge < -0.3 is 9.84 Å². The second-order valence-corrected chi connectivity index (χ2v) is 6.58. The Balaban J connectivity index is 1.94. The summed E-state index contributed by atoms with van der Waals surface area (Å²) >= 11 is 0. The van der Waals surface area contributed by atoms with Crippen molar-refractivity contribution in [1.29, 1.82) is 0 Å². The number of sulfone groups is 1. The number of hydrogen-bond acceptors (Lipinski definition) is 6. The second kappa shape index (κ2) is 5.14. The highest BCUT2D eigenvalue weighted by Crippen LogP contribution is 2.27. The highest BCUT2D eigenvalue weighted by molar-refractivity contribution is 7.91. The molecule has 1 atom stereocenters. The Morgan fingerprint density at radius 2 is 2.35 bits per heavy atom. The molecule has 6 nitrogen and oxygen atoms in total. The monoisotopic (exact) mass is 259 g/mol. The minimum Gasteiger partial charge on any atom is -0.339 e. The number of aromatic nitrogens is 2. The average molecular weight is 259 g/mol. The van der Waals surface area contributed by atoms with E-state index in [-0.39, 0.29) is 17.4 Å². The Morgan fingerprint density at radius 3 is 3.00 bits per heavy atom. The van der Waals surface area contributed by atoms with Crippen LogP contribution in [-0.2, 0) is 16.3 Å². The molecule has 2 heterocycles. The van der Waals surface area contributed by atoms with Gasteiger partial charge in [-0.05, 0) is 26.4 Å². The van der Waals surface area contributed by atoms with E-state index in [0.717, 1.165) is 19.4 Å². The molecule has 1 aromatic heterocycles. The van der Waals surface area contributed by atoms with Gasteiger partial charge in [0.15, 0.2) is 15.7 Å². The number of rotatable bonds is 5. The molecule has 0 radical (unpaired) electrons. The lowest BCUT2D eigenvalue weighted by Crippen LogP contribution is -2.09. The first-order chi connectivity index (χ1) is 8.11. The van der Waals surface area contributed by atoms with Crippen molar-refractivity contribution in [2.75, 3.05) is 25.1 Å². The lowest BCUT2D eigenvalue weighted by Gasteiger charge is -1.98. The smallest absolute Gasteiger partial charge is 0.230 e. The predicted molar refractivity (Wildman–Crippen MR) is 62.6 cm³/mol. The van der Waals surface area contributed by atoms with Crippen molar-refractivity contribution in [1.82, 2.24) is 15.5 Å². The van der Waals surface area contributed by atoms with Gasteiger partial charge in [-0.25, -0.2) is 8.42 Å². The van der Waals surface area contributed by atoms with Crippen molar-refractivity contribution < 1.29 is 12.9 Å². The maximum Gasteiger partial charge on any atom is 0.230 e. The Hall–Kier alpha value is -0.950. The van der Waals surface area contributed by atoms with Crippen LogP contribution in [0.25, 0.3) is 0 Å². The standard InChI is InChI=1S/C10H17N3O3S/c1-11-5-2-3-9-12-10(16-13-9)8-4-6-17(14,15)7-8/h8,11H,2-7H2,1H3. The number of nitrogens with zero attached hydrogens (tertiary/aromatic N) is 2. The Morgan fingerprint density at radius 1 is 1.53 bits per heavy atom. The Bertz CT molecular complexity index is 469. The molecule has 0 aromatic carbocycles. The van der Waals surface area contributed by atoms with Crippen LogP contribution in [0.4, 0.5) is 0 Å². The summed E-state index contributed by atoms with van der Waals surface area (Å²) in [6.45, 7) is 0.904. The number of hydrogen-bond donors (Lipinski definition) is 1. The van der Waals surface area contributed by atoms with Gasteiger partial charge in [-0.2, -0.15) is 4.98 Å². The fraction of sp³-hybridized carbons (Fsp3) is 0.800. The maximum absolute atomic E-state index is 11.3. The number of aryl methyl sites for hydroxylation is 1. The molecule has 1 N–H and O–H groups in total. The van der Waals surface area contributed by atoms with Gasteiger partial charge in [0.1, 0.15) is 0 Å². The van der Waals surface area contributed by atoms with Gasteiger partial charge in [0.25, 0.3) is 0 Å². The van der Waals surface area contributed by atoms with Crippen LogP contribution in [0.2, 0.25) is 0 Å². The lowest BCUT2D eigenvalue weighted by molar-refractivity contribution is 0.356. The van der Waals surface area contributed by atoms with Crippen molar-refractivity contribution in [3.05, 3.63) is 11.7 Å². The van der Waals surface area contributed by atoms with Crippen LogP contribution in [0.15, 0.2) is 4.52 Å². The van der Waals surface area contributed by atoms with Gasteiger partial charge in [-0.1, -0.05) is 5.16 Å². The van der Waals surface area contributed by atoms with Crippen molar-refractivity contribution >= 4 is 9.84 Å². The van der Waals surface area contributed by atoms with E-state index in [1.807, 2.05) is 7.05 Å². The van der Waals surface area contributed by atoms with Gasteiger partial charge in [-0.3, -0.25) is 0 Å². The molecule has 2 rings (SSSR count). The van der Waals surface area contributed by atoms with E-state index in [1.165, 1.54) is 0 Å². The van der Waals surface area contributed by atoms with Crippen LogP contribution in [0.1, 0.15) is 30.5 Å². The van der Waals surface area contributed by atoms with Gasteiger partial charge in [0.2, 0.25) is 5.89 Å². The van der Waals surface area contributed by atoms with Gasteiger partial charge in [-0.15, -0.1) is 0 Å². The molecule has 17 heavy (non-hydrogen) atoms. The van der Waals surface area contributed by atoms with Crippen molar-refractivity contribution in [3.63, 3.8) is 0 Å². The van der Waals surface area contributed by atoms with E-state index in [9.17, 15) is 8.42 Å². The molecule has 1 saturated heterocycles. The van der Waals surface area contributed by atoms with Crippen molar-refractivity contribution in [2.45, 2.75) is 25.2 Å². The normalized spacial score (nSPS) is 23.0. The largest absolute Gasteiger partial charge is 0.339 e. The molecule has 0 spiro atoms. The van der Waals surface area contributed by atoms with Gasteiger partial charge in [0.05, 0.1) is 17.4 Å². The van der Waals surface area contributed by atoms with E-state index in [0.29, 0.717) is 18.1 Å². The molecule has 0 aliphatic carbocycles. The highest BCUT2D eigenvalue weighted by Gasteiger charge is 2.32. The molecule has 1 unspecified atom stereocenters. The quantitative estimate of drug-likeness (QED) is 0.756. The summed E-state index contributed by atoms with van der Waals surface area (Å²) in [7, 11) is -0.999. The molecule has 96 valence electrons. The Kier molecular flexibility index (Phi) is 3.78. The summed E-state index contributed by atoms with van der Waals surface area (Å²) in [5.41, 5.74) is 0. The third-order valence-electron chi connectivity index (χ3n) is 2.89. The summed E-state index contributed by atoms with van der Waals surface area (Å²) < 4.78 is 27.8. The van der Waals surface area contributed by atoms with Gasteiger partial charge in [0, 0.05) is 6.42 Å². The fourth-order valence-electron chi connectivity index (χ4n) is 1.95. The summed E-state index contributed by atoms with van der Waals surface area (Å²) in [5.74, 6) is 1.41. The third kappa shape index (κ3) is 3.26. The van der Waals surface area contributed by atoms with Crippen LogP contribution in [0, 0.1) is 0 Å². The highest BCUT2D eigenvalue weighted by atomic mass is 32.2. The average Bonchev–Trinajstić information content (AvgIpc) is 2.85. The summed E-state index contributed by atoms with van der Waals surface area (Å²) in [4.78, 5) is 4.26. The zero-order chi connectivity index (χ0) is 12.3. The molecule has 1 aromatic rings. The minimum absolute atomic E-state index is 0.106. The van der Waals surface area contributed by atoms with Crippen LogP contribution in [0.5, 0.6) is 0 Å². The number of nitrogens with one attached hydrogen (secondary N) is 1. The van der Waals surface area contributed by atoms with Crippen molar-refractivity contribution in [2.24, 2.45) is 0 Å². The van der Waals surface area contributed by atoms with E-state index >= 15 is 0 Å². The molecular weight excluding hydrogens is 242 g/mol. The zero-order valence-electron chi connectivity index (χ0n) is 9.85. The zero-order valence-corrected chi connectivity index (χ0v) is 10.7. The van der Waals surface area contributed by atoms with Gasteiger partial charge >= 0.3 is 0 Å². The topological polar surface area (TPSA) is 85.1 Å². The molecule has 1 fully saturated rings. The molecule has 0 bridgehead atoms. The summed E-state index contributed by atoms with van der Waals surface area (Å²) in [5, 5.41) is 6.92. The SMILES string of the molecule is CNCCCc1noc(C2CCS(=O)(=O)C2)n1. The van der Waals surface area contributed by atoms with Crippen LogP contribution in [-0.4, -0.2) is 43.7 Å². The molecule has 0 saturated carbocycles. The molecule has 1 aliphatic heterocycles.